The predicted molar refractivity (Wildman–Crippen MR) is 60.1 cm³/mol. The van der Waals surface area contributed by atoms with Crippen LogP contribution in [0.1, 0.15) is 32.6 Å². The minimum Gasteiger partial charge on any atom is -0.312 e. The van der Waals surface area contributed by atoms with E-state index in [1.807, 2.05) is 0 Å². The van der Waals surface area contributed by atoms with Gasteiger partial charge < -0.3 is 10.6 Å². The summed E-state index contributed by atoms with van der Waals surface area (Å²) in [6.45, 7) is 5.30. The standard InChI is InChI=1S/C12H21N3/c1-2-10-5-6-15(7-10)9-12(14,8-13)11-3-4-11/h10-11H,2-7,9,14H2,1H3. The van der Waals surface area contributed by atoms with Gasteiger partial charge in [-0.1, -0.05) is 13.3 Å². The van der Waals surface area contributed by atoms with E-state index < -0.39 is 5.54 Å². The predicted octanol–water partition coefficient (Wildman–Crippen LogP) is 1.35. The van der Waals surface area contributed by atoms with Crippen LogP contribution in [0.2, 0.25) is 0 Å². The highest BCUT2D eigenvalue weighted by Crippen LogP contribution is 2.39. The second-order valence-corrected chi connectivity index (χ2v) is 5.22. The fourth-order valence-corrected chi connectivity index (χ4v) is 2.61. The molecular formula is C12H21N3. The molecule has 2 unspecified atom stereocenters. The van der Waals surface area contributed by atoms with Gasteiger partial charge in [0.2, 0.25) is 0 Å². The van der Waals surface area contributed by atoms with Crippen LogP contribution in [0, 0.1) is 23.2 Å². The van der Waals surface area contributed by atoms with Crippen LogP contribution in [0.3, 0.4) is 0 Å². The van der Waals surface area contributed by atoms with Gasteiger partial charge in [0, 0.05) is 13.1 Å². The smallest absolute Gasteiger partial charge is 0.119 e. The van der Waals surface area contributed by atoms with Crippen LogP contribution in [0.5, 0.6) is 0 Å². The number of nitrogens with zero attached hydrogens (tertiary/aromatic N) is 2. The first-order valence-electron chi connectivity index (χ1n) is 6.10. The van der Waals surface area contributed by atoms with Gasteiger partial charge in [-0.15, -0.1) is 0 Å². The molecule has 3 nitrogen and oxygen atoms in total. The molecule has 2 fully saturated rings. The third-order valence-electron chi connectivity index (χ3n) is 3.95. The van der Waals surface area contributed by atoms with E-state index in [1.165, 1.54) is 12.8 Å². The average molecular weight is 207 g/mol. The zero-order chi connectivity index (χ0) is 10.9. The largest absolute Gasteiger partial charge is 0.312 e. The molecule has 1 aliphatic heterocycles. The van der Waals surface area contributed by atoms with E-state index in [0.717, 1.165) is 38.4 Å². The van der Waals surface area contributed by atoms with Crippen LogP contribution in [0.15, 0.2) is 0 Å². The van der Waals surface area contributed by atoms with Crippen molar-refractivity contribution in [1.29, 1.82) is 5.26 Å². The average Bonchev–Trinajstić information content (AvgIpc) is 3.01. The molecular weight excluding hydrogens is 186 g/mol. The molecule has 2 N–H and O–H groups in total. The summed E-state index contributed by atoms with van der Waals surface area (Å²) in [4.78, 5) is 2.38. The molecule has 2 rings (SSSR count). The van der Waals surface area contributed by atoms with E-state index in [4.69, 9.17) is 5.73 Å². The molecule has 0 bridgehead atoms. The number of likely N-dealkylation sites (tertiary alicyclic amines) is 1. The molecule has 1 saturated heterocycles. The van der Waals surface area contributed by atoms with Crippen molar-refractivity contribution in [3.05, 3.63) is 0 Å². The molecule has 15 heavy (non-hydrogen) atoms. The van der Waals surface area contributed by atoms with Crippen LogP contribution in [0.25, 0.3) is 0 Å². The summed E-state index contributed by atoms with van der Waals surface area (Å²) < 4.78 is 0. The number of hydrogen-bond acceptors (Lipinski definition) is 3. The summed E-state index contributed by atoms with van der Waals surface area (Å²) in [5.74, 6) is 1.29. The zero-order valence-corrected chi connectivity index (χ0v) is 9.58. The molecule has 0 amide bonds. The van der Waals surface area contributed by atoms with E-state index in [9.17, 15) is 5.26 Å². The maximum Gasteiger partial charge on any atom is 0.119 e. The Bertz CT molecular complexity index is 267. The Morgan fingerprint density at radius 3 is 2.67 bits per heavy atom. The number of nitrogens with two attached hydrogens (primary N) is 1. The maximum atomic E-state index is 9.18. The van der Waals surface area contributed by atoms with E-state index >= 15 is 0 Å². The van der Waals surface area contributed by atoms with Crippen molar-refractivity contribution in [3.63, 3.8) is 0 Å². The molecule has 0 aromatic heterocycles. The molecule has 0 aromatic carbocycles. The summed E-state index contributed by atoms with van der Waals surface area (Å²) in [6, 6.07) is 2.34. The summed E-state index contributed by atoms with van der Waals surface area (Å²) >= 11 is 0. The van der Waals surface area contributed by atoms with Gasteiger partial charge in [0.15, 0.2) is 0 Å². The second kappa shape index (κ2) is 4.11. The third-order valence-corrected chi connectivity index (χ3v) is 3.95. The molecule has 1 aliphatic carbocycles. The summed E-state index contributed by atoms with van der Waals surface area (Å²) in [5, 5.41) is 9.18. The maximum absolute atomic E-state index is 9.18. The van der Waals surface area contributed by atoms with Crippen molar-refractivity contribution < 1.29 is 0 Å². The van der Waals surface area contributed by atoms with Crippen LogP contribution < -0.4 is 5.73 Å². The van der Waals surface area contributed by atoms with Gasteiger partial charge in [-0.05, 0) is 37.6 Å². The molecule has 1 heterocycles. The summed E-state index contributed by atoms with van der Waals surface area (Å²) in [7, 11) is 0. The van der Waals surface area contributed by atoms with E-state index in [1.54, 1.807) is 0 Å². The van der Waals surface area contributed by atoms with Gasteiger partial charge in [-0.3, -0.25) is 0 Å². The SMILES string of the molecule is CCC1CCN(CC(N)(C#N)C2CC2)C1. The van der Waals surface area contributed by atoms with Crippen molar-refractivity contribution in [2.75, 3.05) is 19.6 Å². The Morgan fingerprint density at radius 2 is 2.20 bits per heavy atom. The fourth-order valence-electron chi connectivity index (χ4n) is 2.61. The number of hydrogen-bond donors (Lipinski definition) is 1. The minimum atomic E-state index is -0.567. The lowest BCUT2D eigenvalue weighted by atomic mass is 9.96. The quantitative estimate of drug-likeness (QED) is 0.757. The Labute approximate surface area is 92.2 Å². The summed E-state index contributed by atoms with van der Waals surface area (Å²) in [6.07, 6.45) is 4.83. The number of nitriles is 1. The van der Waals surface area contributed by atoms with Gasteiger partial charge >= 0.3 is 0 Å². The van der Waals surface area contributed by atoms with Gasteiger partial charge in [0.1, 0.15) is 5.54 Å². The van der Waals surface area contributed by atoms with Crippen molar-refractivity contribution in [2.45, 2.75) is 38.1 Å². The zero-order valence-electron chi connectivity index (χ0n) is 9.58. The van der Waals surface area contributed by atoms with Crippen molar-refractivity contribution in [3.8, 4) is 6.07 Å². The molecule has 0 aromatic rings. The Kier molecular flexibility index (Phi) is 2.99. The van der Waals surface area contributed by atoms with Crippen LogP contribution in [-0.2, 0) is 0 Å². The highest BCUT2D eigenvalue weighted by atomic mass is 15.2. The summed E-state index contributed by atoms with van der Waals surface area (Å²) in [5.41, 5.74) is 5.60. The number of rotatable bonds is 4. The van der Waals surface area contributed by atoms with Crippen molar-refractivity contribution in [1.82, 2.24) is 4.90 Å². The first kappa shape index (κ1) is 10.9. The highest BCUT2D eigenvalue weighted by molar-refractivity contribution is 5.15. The minimum absolute atomic E-state index is 0.461. The van der Waals surface area contributed by atoms with Gasteiger partial charge in [0.25, 0.3) is 0 Å². The van der Waals surface area contributed by atoms with E-state index in [0.29, 0.717) is 5.92 Å². The molecule has 2 atom stereocenters. The molecule has 84 valence electrons. The first-order chi connectivity index (χ1) is 7.18. The van der Waals surface area contributed by atoms with Gasteiger partial charge in [-0.25, -0.2) is 0 Å². The third kappa shape index (κ3) is 2.32. The molecule has 1 saturated carbocycles. The van der Waals surface area contributed by atoms with E-state index in [2.05, 4.69) is 17.9 Å². The first-order valence-corrected chi connectivity index (χ1v) is 6.10. The Hall–Kier alpha value is -0.590. The van der Waals surface area contributed by atoms with Crippen molar-refractivity contribution >= 4 is 0 Å². The lowest BCUT2D eigenvalue weighted by Gasteiger charge is -2.27. The van der Waals surface area contributed by atoms with Crippen LogP contribution in [0.4, 0.5) is 0 Å². The lowest BCUT2D eigenvalue weighted by Crippen LogP contribution is -2.50. The van der Waals surface area contributed by atoms with Gasteiger partial charge in [0.05, 0.1) is 6.07 Å². The lowest BCUT2D eigenvalue weighted by molar-refractivity contribution is 0.255. The molecule has 3 heteroatoms. The monoisotopic (exact) mass is 207 g/mol. The topological polar surface area (TPSA) is 53.0 Å². The highest BCUT2D eigenvalue weighted by Gasteiger charge is 2.44. The van der Waals surface area contributed by atoms with Crippen molar-refractivity contribution in [2.24, 2.45) is 17.6 Å². The van der Waals surface area contributed by atoms with Crippen LogP contribution >= 0.6 is 0 Å². The Morgan fingerprint density at radius 1 is 1.47 bits per heavy atom. The van der Waals surface area contributed by atoms with Crippen LogP contribution in [-0.4, -0.2) is 30.1 Å². The molecule has 2 aliphatic rings. The Balaban J connectivity index is 1.88. The molecule has 0 spiro atoms. The van der Waals surface area contributed by atoms with E-state index in [-0.39, 0.29) is 0 Å². The second-order valence-electron chi connectivity index (χ2n) is 5.22. The van der Waals surface area contributed by atoms with Gasteiger partial charge in [-0.2, -0.15) is 5.26 Å². The molecule has 0 radical (unpaired) electrons. The fraction of sp³-hybridized carbons (Fsp3) is 0.917. The normalized spacial score (nSPS) is 31.1.